The van der Waals surface area contributed by atoms with Gasteiger partial charge in [0.15, 0.2) is 0 Å². The second-order valence-corrected chi connectivity index (χ2v) is 11.7. The molecule has 1 aliphatic heterocycles. The maximum atomic E-state index is 14.2. The molecular formula is C32H47N5O6. The Balaban J connectivity index is 1.93. The first-order chi connectivity index (χ1) is 20.5. The fourth-order valence-electron chi connectivity index (χ4n) is 4.96. The number of rotatable bonds is 7. The van der Waals surface area contributed by atoms with Crippen LogP contribution in [0, 0.1) is 5.92 Å². The van der Waals surface area contributed by atoms with Crippen molar-refractivity contribution in [1.29, 1.82) is 0 Å². The van der Waals surface area contributed by atoms with Crippen molar-refractivity contribution in [3.8, 4) is 5.75 Å². The molecular weight excluding hydrogens is 550 g/mol. The molecule has 11 nitrogen and oxygen atoms in total. The highest BCUT2D eigenvalue weighted by Crippen LogP contribution is 2.28. The molecule has 0 saturated heterocycles. The molecule has 1 aromatic heterocycles. The van der Waals surface area contributed by atoms with Gasteiger partial charge in [-0.2, -0.15) is 0 Å². The molecule has 0 spiro atoms. The maximum absolute atomic E-state index is 14.2. The molecule has 2 heterocycles. The van der Waals surface area contributed by atoms with Crippen LogP contribution in [0.25, 0.3) is 0 Å². The summed E-state index contributed by atoms with van der Waals surface area (Å²) in [5.74, 6) is -0.242. The summed E-state index contributed by atoms with van der Waals surface area (Å²) in [4.78, 5) is 46.9. The molecule has 236 valence electrons. The highest BCUT2D eigenvalue weighted by Gasteiger charge is 2.31. The summed E-state index contributed by atoms with van der Waals surface area (Å²) in [5.41, 5.74) is 1.28. The first kappa shape index (κ1) is 33.8. The number of aromatic nitrogens is 1. The molecule has 0 bridgehead atoms. The Morgan fingerprint density at radius 2 is 1.86 bits per heavy atom. The van der Waals surface area contributed by atoms with Crippen LogP contribution in [-0.2, 0) is 4.74 Å². The lowest BCUT2D eigenvalue weighted by atomic mass is 10.0. The summed E-state index contributed by atoms with van der Waals surface area (Å²) in [6.45, 7) is 10.3. The molecule has 0 saturated carbocycles. The second kappa shape index (κ2) is 16.2. The van der Waals surface area contributed by atoms with E-state index in [0.717, 1.165) is 19.3 Å². The van der Waals surface area contributed by atoms with Crippen molar-refractivity contribution in [2.75, 3.05) is 38.7 Å². The predicted octanol–water partition coefficient (Wildman–Crippen LogP) is 4.18. The minimum Gasteiger partial charge on any atom is -0.490 e. The molecule has 1 aromatic carbocycles. The average Bonchev–Trinajstić information content (AvgIpc) is 2.98. The minimum atomic E-state index is -0.509. The van der Waals surface area contributed by atoms with Gasteiger partial charge in [-0.25, -0.2) is 4.79 Å². The Kier molecular flexibility index (Phi) is 12.8. The lowest BCUT2D eigenvalue weighted by molar-refractivity contribution is -0.0149. The number of likely N-dealkylation sites (N-methyl/N-ethyl adjacent to an activating group) is 1. The third-order valence-electron chi connectivity index (χ3n) is 7.46. The van der Waals surface area contributed by atoms with Gasteiger partial charge >= 0.3 is 6.03 Å². The third-order valence-corrected chi connectivity index (χ3v) is 7.46. The van der Waals surface area contributed by atoms with Crippen molar-refractivity contribution < 1.29 is 29.0 Å². The van der Waals surface area contributed by atoms with Crippen molar-refractivity contribution >= 4 is 23.5 Å². The van der Waals surface area contributed by atoms with E-state index in [0.29, 0.717) is 35.7 Å². The normalized spacial score (nSPS) is 20.8. The molecule has 43 heavy (non-hydrogen) atoms. The van der Waals surface area contributed by atoms with Crippen molar-refractivity contribution in [1.82, 2.24) is 20.1 Å². The van der Waals surface area contributed by atoms with Gasteiger partial charge in [0.2, 0.25) is 0 Å². The fraction of sp³-hybridized carbons (Fsp3) is 0.562. The van der Waals surface area contributed by atoms with Crippen LogP contribution < -0.4 is 15.4 Å². The first-order valence-electron chi connectivity index (χ1n) is 15.1. The summed E-state index contributed by atoms with van der Waals surface area (Å²) >= 11 is 0. The number of carbonyl (C=O) groups excluding carboxylic acids is 3. The highest BCUT2D eigenvalue weighted by molar-refractivity contribution is 5.99. The number of hydrogen-bond donors (Lipinski definition) is 3. The molecule has 0 fully saturated rings. The first-order valence-corrected chi connectivity index (χ1v) is 15.1. The maximum Gasteiger partial charge on any atom is 0.319 e. The van der Waals surface area contributed by atoms with Gasteiger partial charge in [0.25, 0.3) is 11.8 Å². The van der Waals surface area contributed by atoms with Crippen LogP contribution >= 0.6 is 0 Å². The summed E-state index contributed by atoms with van der Waals surface area (Å²) in [7, 11) is 1.74. The van der Waals surface area contributed by atoms with E-state index in [1.54, 1.807) is 66.5 Å². The van der Waals surface area contributed by atoms with E-state index >= 15 is 0 Å². The van der Waals surface area contributed by atoms with E-state index in [9.17, 15) is 19.5 Å². The Bertz CT molecular complexity index is 1210. The van der Waals surface area contributed by atoms with E-state index in [2.05, 4.69) is 15.6 Å². The molecule has 1 aliphatic rings. The Morgan fingerprint density at radius 1 is 1.14 bits per heavy atom. The number of ether oxygens (including phenoxy) is 2. The van der Waals surface area contributed by atoms with E-state index in [1.807, 2.05) is 27.7 Å². The molecule has 2 aromatic rings. The number of aliphatic hydroxyl groups is 1. The van der Waals surface area contributed by atoms with Gasteiger partial charge in [-0.05, 0) is 77.3 Å². The van der Waals surface area contributed by atoms with Gasteiger partial charge in [-0.3, -0.25) is 14.6 Å². The largest absolute Gasteiger partial charge is 0.490 e. The smallest absolute Gasteiger partial charge is 0.319 e. The zero-order valence-corrected chi connectivity index (χ0v) is 26.2. The lowest BCUT2D eigenvalue weighted by Crippen LogP contribution is -2.48. The Morgan fingerprint density at radius 3 is 2.53 bits per heavy atom. The minimum absolute atomic E-state index is 0.0558. The monoisotopic (exact) mass is 597 g/mol. The summed E-state index contributed by atoms with van der Waals surface area (Å²) in [6.07, 6.45) is 5.07. The predicted molar refractivity (Wildman–Crippen MR) is 165 cm³/mol. The zero-order valence-electron chi connectivity index (χ0n) is 26.2. The number of benzene rings is 1. The summed E-state index contributed by atoms with van der Waals surface area (Å²) in [6, 6.07) is 7.45. The van der Waals surface area contributed by atoms with Crippen LogP contribution in [0.3, 0.4) is 0 Å². The fourth-order valence-corrected chi connectivity index (χ4v) is 4.96. The van der Waals surface area contributed by atoms with Crippen LogP contribution in [0.2, 0.25) is 0 Å². The van der Waals surface area contributed by atoms with Crippen molar-refractivity contribution in [2.24, 2.45) is 5.92 Å². The number of hydrogen-bond acceptors (Lipinski definition) is 7. The number of carbonyl (C=O) groups is 3. The standard InChI is InChI=1S/C32H47N5O6/c1-21(2)34-32(41)35-26-10-11-28-27(17-26)31(40)37(23(4)20-38)18-22(3)29(42-16-8-7-9-24(5)43-28)19-36(6)30(39)25-12-14-33-15-13-25/h10-15,17,21-24,29,38H,7-9,16,18-20H2,1-6H3,(H2,34,35,41)/t22-,23+,24-,29+/m1/s1. The van der Waals surface area contributed by atoms with Crippen LogP contribution in [0.5, 0.6) is 5.75 Å². The second-order valence-electron chi connectivity index (χ2n) is 11.7. The summed E-state index contributed by atoms with van der Waals surface area (Å²) in [5, 5.41) is 15.7. The molecule has 3 rings (SSSR count). The number of fused-ring (bicyclic) bond motifs is 1. The van der Waals surface area contributed by atoms with E-state index in [4.69, 9.17) is 9.47 Å². The third kappa shape index (κ3) is 9.93. The Hall–Kier alpha value is -3.70. The molecule has 3 N–H and O–H groups in total. The molecule has 11 heteroatoms. The lowest BCUT2D eigenvalue weighted by Gasteiger charge is -2.36. The van der Waals surface area contributed by atoms with E-state index in [1.165, 1.54) is 0 Å². The van der Waals surface area contributed by atoms with Crippen molar-refractivity contribution in [2.45, 2.75) is 78.2 Å². The summed E-state index contributed by atoms with van der Waals surface area (Å²) < 4.78 is 12.6. The van der Waals surface area contributed by atoms with Crippen molar-refractivity contribution in [3.63, 3.8) is 0 Å². The average molecular weight is 598 g/mol. The quantitative estimate of drug-likeness (QED) is 0.436. The SMILES string of the molecule is CC(C)NC(=O)Nc1ccc2c(c1)C(=O)N([C@@H](C)CO)C[C@@H](C)[C@H](CN(C)C(=O)c1ccncc1)OCCCC[C@@H](C)O2. The van der Waals surface area contributed by atoms with Gasteiger partial charge in [0, 0.05) is 62.3 Å². The number of pyridine rings is 1. The van der Waals surface area contributed by atoms with Gasteiger partial charge in [-0.1, -0.05) is 6.92 Å². The molecule has 0 aliphatic carbocycles. The molecule has 4 atom stereocenters. The van der Waals surface area contributed by atoms with Crippen LogP contribution in [0.4, 0.5) is 10.5 Å². The van der Waals surface area contributed by atoms with Gasteiger partial charge < -0.3 is 35.0 Å². The van der Waals surface area contributed by atoms with Crippen LogP contribution in [0.1, 0.15) is 74.6 Å². The number of amides is 4. The number of urea groups is 1. The zero-order chi connectivity index (χ0) is 31.5. The van der Waals surface area contributed by atoms with Crippen LogP contribution in [0.15, 0.2) is 42.7 Å². The topological polar surface area (TPSA) is 133 Å². The van der Waals surface area contributed by atoms with Crippen LogP contribution in [-0.4, -0.2) is 95.4 Å². The molecule has 4 amide bonds. The van der Waals surface area contributed by atoms with Crippen molar-refractivity contribution in [3.05, 3.63) is 53.9 Å². The molecule has 0 radical (unpaired) electrons. The van der Waals surface area contributed by atoms with E-state index < -0.39 is 6.04 Å². The van der Waals surface area contributed by atoms with Gasteiger partial charge in [0.05, 0.1) is 30.4 Å². The number of nitrogens with zero attached hydrogens (tertiary/aromatic N) is 3. The van der Waals surface area contributed by atoms with E-state index in [-0.39, 0.29) is 55.2 Å². The Labute approximate surface area is 254 Å². The number of aliphatic hydroxyl groups excluding tert-OH is 1. The number of nitrogens with one attached hydrogen (secondary N) is 2. The molecule has 0 unspecified atom stereocenters. The highest BCUT2D eigenvalue weighted by atomic mass is 16.5. The van der Waals surface area contributed by atoms with Gasteiger partial charge in [-0.15, -0.1) is 0 Å². The van der Waals surface area contributed by atoms with Gasteiger partial charge in [0.1, 0.15) is 5.75 Å². The number of anilines is 1.